The van der Waals surface area contributed by atoms with E-state index in [0.717, 1.165) is 17.7 Å². The minimum absolute atomic E-state index is 0.157. The van der Waals surface area contributed by atoms with Crippen molar-refractivity contribution in [2.24, 2.45) is 0 Å². The largest absolute Gasteiger partial charge is 0.494 e. The molecule has 0 fully saturated rings. The predicted molar refractivity (Wildman–Crippen MR) is 125 cm³/mol. The average Bonchev–Trinajstić information content (AvgIpc) is 3.26. The summed E-state index contributed by atoms with van der Waals surface area (Å²) in [5.74, 6) is 0.302. The van der Waals surface area contributed by atoms with Crippen LogP contribution in [0.15, 0.2) is 47.8 Å². The fourth-order valence-corrected chi connectivity index (χ4v) is 3.56. The van der Waals surface area contributed by atoms with E-state index in [1.807, 2.05) is 36.6 Å². The average molecular weight is 457 g/mol. The molecule has 1 aromatic heterocycles. The summed E-state index contributed by atoms with van der Waals surface area (Å²) in [7, 11) is 1.57. The Balaban J connectivity index is 1.75. The van der Waals surface area contributed by atoms with Crippen LogP contribution in [-0.4, -0.2) is 42.7 Å². The zero-order valence-electron chi connectivity index (χ0n) is 17.8. The van der Waals surface area contributed by atoms with Crippen molar-refractivity contribution < 1.29 is 19.2 Å². The molecule has 0 radical (unpaired) electrons. The smallest absolute Gasteiger partial charge is 0.270 e. The van der Waals surface area contributed by atoms with Gasteiger partial charge in [-0.05, 0) is 36.8 Å². The molecule has 3 aromatic rings. The van der Waals surface area contributed by atoms with Crippen LogP contribution in [0.3, 0.4) is 0 Å². The molecule has 3 rings (SSSR count). The second kappa shape index (κ2) is 11.2. The number of amides is 1. The van der Waals surface area contributed by atoms with Crippen molar-refractivity contribution in [2.45, 2.75) is 13.3 Å². The molecule has 32 heavy (non-hydrogen) atoms. The van der Waals surface area contributed by atoms with E-state index >= 15 is 0 Å². The minimum Gasteiger partial charge on any atom is -0.494 e. The Bertz CT molecular complexity index is 1070. The molecule has 1 heterocycles. The number of ether oxygens (including phenoxy) is 2. The maximum Gasteiger partial charge on any atom is 0.270 e. The van der Waals surface area contributed by atoms with Crippen molar-refractivity contribution in [3.8, 4) is 17.0 Å². The van der Waals surface area contributed by atoms with Crippen LogP contribution < -0.4 is 15.4 Å². The number of thiazole rings is 1. The molecule has 0 aliphatic carbocycles. The first kappa shape index (κ1) is 23.2. The number of carbonyl (C=O) groups excluding carboxylic acids is 1. The highest BCUT2D eigenvalue weighted by molar-refractivity contribution is 7.14. The number of carbonyl (C=O) groups is 1. The number of nitrogens with one attached hydrogen (secondary N) is 2. The summed E-state index contributed by atoms with van der Waals surface area (Å²) in [4.78, 5) is 28.0. The summed E-state index contributed by atoms with van der Waals surface area (Å²) in [6.07, 6.45) is 0.936. The van der Waals surface area contributed by atoms with Crippen molar-refractivity contribution in [3.05, 3.63) is 63.5 Å². The van der Waals surface area contributed by atoms with Gasteiger partial charge in [-0.25, -0.2) is 4.98 Å². The molecule has 0 saturated heterocycles. The lowest BCUT2D eigenvalue weighted by molar-refractivity contribution is -0.384. The molecule has 9 nitrogen and oxygen atoms in total. The van der Waals surface area contributed by atoms with Gasteiger partial charge in [0.05, 0.1) is 29.4 Å². The number of hydrogen-bond donors (Lipinski definition) is 2. The van der Waals surface area contributed by atoms with Crippen LogP contribution in [0.5, 0.6) is 5.75 Å². The second-order valence-electron chi connectivity index (χ2n) is 6.77. The predicted octanol–water partition coefficient (Wildman–Crippen LogP) is 4.82. The van der Waals surface area contributed by atoms with Crippen LogP contribution >= 0.6 is 11.3 Å². The van der Waals surface area contributed by atoms with Crippen LogP contribution in [0.25, 0.3) is 11.3 Å². The van der Waals surface area contributed by atoms with Crippen molar-refractivity contribution in [3.63, 3.8) is 0 Å². The third-order valence-corrected chi connectivity index (χ3v) is 5.19. The molecule has 0 aliphatic heterocycles. The molecule has 0 aliphatic rings. The fourth-order valence-electron chi connectivity index (χ4n) is 2.85. The van der Waals surface area contributed by atoms with Gasteiger partial charge in [-0.2, -0.15) is 0 Å². The molecule has 0 atom stereocenters. The topological polar surface area (TPSA) is 116 Å². The van der Waals surface area contributed by atoms with Crippen molar-refractivity contribution in [1.29, 1.82) is 0 Å². The van der Waals surface area contributed by atoms with Gasteiger partial charge in [-0.3, -0.25) is 20.2 Å². The summed E-state index contributed by atoms with van der Waals surface area (Å²) in [6.45, 7) is 3.59. The maximum atomic E-state index is 12.9. The molecular weight excluding hydrogens is 432 g/mol. The van der Waals surface area contributed by atoms with Gasteiger partial charge in [0, 0.05) is 42.4 Å². The van der Waals surface area contributed by atoms with Crippen LogP contribution in [0, 0.1) is 10.1 Å². The number of nitro groups is 1. The summed E-state index contributed by atoms with van der Waals surface area (Å²) in [5, 5.41) is 19.2. The van der Waals surface area contributed by atoms with Gasteiger partial charge in [-0.15, -0.1) is 11.3 Å². The number of aromatic nitrogens is 1. The Morgan fingerprint density at radius 1 is 1.19 bits per heavy atom. The number of hydrogen-bond acceptors (Lipinski definition) is 8. The SMILES string of the molecule is CCCOc1ccc(-c2csc(NC(=O)c3cc([N+](=O)[O-])ccc3NCCOC)n2)cc1. The lowest BCUT2D eigenvalue weighted by Crippen LogP contribution is -2.16. The number of nitrogens with zero attached hydrogens (tertiary/aromatic N) is 2. The van der Waals surface area contributed by atoms with Gasteiger partial charge < -0.3 is 14.8 Å². The number of non-ortho nitro benzene ring substituents is 1. The van der Waals surface area contributed by atoms with Gasteiger partial charge >= 0.3 is 0 Å². The molecule has 2 N–H and O–H groups in total. The third-order valence-electron chi connectivity index (χ3n) is 4.43. The van der Waals surface area contributed by atoms with Gasteiger partial charge in [-0.1, -0.05) is 6.92 Å². The maximum absolute atomic E-state index is 12.9. The van der Waals surface area contributed by atoms with Crippen LogP contribution in [0.1, 0.15) is 23.7 Å². The van der Waals surface area contributed by atoms with Gasteiger partial charge in [0.1, 0.15) is 5.75 Å². The van der Waals surface area contributed by atoms with Gasteiger partial charge in [0.2, 0.25) is 0 Å². The molecule has 10 heteroatoms. The van der Waals surface area contributed by atoms with E-state index < -0.39 is 10.8 Å². The van der Waals surface area contributed by atoms with E-state index in [9.17, 15) is 14.9 Å². The van der Waals surface area contributed by atoms with Gasteiger partial charge in [0.15, 0.2) is 5.13 Å². The van der Waals surface area contributed by atoms with Crippen LogP contribution in [-0.2, 0) is 4.74 Å². The standard InChI is InChI=1S/C22H24N4O5S/c1-3-11-31-17-7-4-15(5-8-17)20-14-32-22(24-20)25-21(27)18-13-16(26(28)29)6-9-19(18)23-10-12-30-2/h4-9,13-14,23H,3,10-12H2,1-2H3,(H,24,25,27). The summed E-state index contributed by atoms with van der Waals surface area (Å²) in [6, 6.07) is 11.7. The number of nitro benzene ring substituents is 1. The van der Waals surface area contributed by atoms with E-state index in [1.165, 1.54) is 29.5 Å². The van der Waals surface area contributed by atoms with E-state index in [1.54, 1.807) is 7.11 Å². The highest BCUT2D eigenvalue weighted by Gasteiger charge is 2.18. The molecule has 0 bridgehead atoms. The second-order valence-corrected chi connectivity index (χ2v) is 7.63. The van der Waals surface area contributed by atoms with E-state index in [2.05, 4.69) is 15.6 Å². The lowest BCUT2D eigenvalue weighted by Gasteiger charge is -2.11. The van der Waals surface area contributed by atoms with Crippen molar-refractivity contribution in [2.75, 3.05) is 37.5 Å². The Morgan fingerprint density at radius 2 is 1.97 bits per heavy atom. The van der Waals surface area contributed by atoms with Crippen molar-refractivity contribution >= 4 is 33.8 Å². The summed E-state index contributed by atoms with van der Waals surface area (Å²) in [5.41, 5.74) is 2.07. The Morgan fingerprint density at radius 3 is 2.66 bits per heavy atom. The first-order chi connectivity index (χ1) is 15.5. The van der Waals surface area contributed by atoms with Crippen LogP contribution in [0.4, 0.5) is 16.5 Å². The Hall–Kier alpha value is -3.50. The first-order valence-corrected chi connectivity index (χ1v) is 10.9. The minimum atomic E-state index is -0.537. The number of benzene rings is 2. The zero-order valence-corrected chi connectivity index (χ0v) is 18.6. The van der Waals surface area contributed by atoms with E-state index in [0.29, 0.717) is 36.3 Å². The number of anilines is 2. The molecule has 1 amide bonds. The van der Waals surface area contributed by atoms with E-state index in [-0.39, 0.29) is 11.3 Å². The quantitative estimate of drug-likeness (QED) is 0.241. The molecule has 0 spiro atoms. The van der Waals surface area contributed by atoms with Crippen molar-refractivity contribution in [1.82, 2.24) is 4.98 Å². The molecule has 2 aromatic carbocycles. The Labute approximate surface area is 189 Å². The zero-order chi connectivity index (χ0) is 22.9. The first-order valence-electron chi connectivity index (χ1n) is 10.0. The lowest BCUT2D eigenvalue weighted by atomic mass is 10.1. The summed E-state index contributed by atoms with van der Waals surface area (Å²) < 4.78 is 10.6. The van der Waals surface area contributed by atoms with Crippen LogP contribution in [0.2, 0.25) is 0 Å². The monoisotopic (exact) mass is 456 g/mol. The molecule has 0 saturated carbocycles. The molecule has 168 valence electrons. The highest BCUT2D eigenvalue weighted by atomic mass is 32.1. The normalized spacial score (nSPS) is 10.6. The number of methoxy groups -OCH3 is 1. The molecular formula is C22H24N4O5S. The Kier molecular flexibility index (Phi) is 8.12. The third kappa shape index (κ3) is 6.02. The summed E-state index contributed by atoms with van der Waals surface area (Å²) >= 11 is 1.27. The fraction of sp³-hybridized carbons (Fsp3) is 0.273. The highest BCUT2D eigenvalue weighted by Crippen LogP contribution is 2.28. The van der Waals surface area contributed by atoms with Gasteiger partial charge in [0.25, 0.3) is 11.6 Å². The van der Waals surface area contributed by atoms with E-state index in [4.69, 9.17) is 9.47 Å². The number of rotatable bonds is 11. The molecule has 0 unspecified atom stereocenters.